The summed E-state index contributed by atoms with van der Waals surface area (Å²) >= 11 is 0. The number of fused-ring (bicyclic) bond motifs is 1. The lowest BCUT2D eigenvalue weighted by molar-refractivity contribution is -0.137. The van der Waals surface area contributed by atoms with Crippen molar-refractivity contribution in [2.45, 2.75) is 46.2 Å². The highest BCUT2D eigenvalue weighted by molar-refractivity contribution is 5.87. The van der Waals surface area contributed by atoms with Gasteiger partial charge in [0.15, 0.2) is 0 Å². The van der Waals surface area contributed by atoms with E-state index in [1.165, 1.54) is 6.92 Å². The van der Waals surface area contributed by atoms with Crippen LogP contribution in [0.5, 0.6) is 0 Å². The molecule has 3 rings (SSSR count). The Morgan fingerprint density at radius 2 is 2.00 bits per heavy atom. The number of nitrogens with zero attached hydrogens (tertiary/aromatic N) is 2. The maximum atomic E-state index is 12.9. The maximum Gasteiger partial charge on any atom is 0.245 e. The van der Waals surface area contributed by atoms with Gasteiger partial charge in [-0.05, 0) is 24.5 Å². The highest BCUT2D eigenvalue weighted by Crippen LogP contribution is 2.26. The first-order chi connectivity index (χ1) is 12.4. The summed E-state index contributed by atoms with van der Waals surface area (Å²) in [6.07, 6.45) is 1.26. The molecule has 0 bridgehead atoms. The van der Waals surface area contributed by atoms with E-state index in [9.17, 15) is 9.59 Å². The van der Waals surface area contributed by atoms with Crippen LogP contribution in [0, 0.1) is 5.92 Å². The molecule has 1 aliphatic rings. The summed E-state index contributed by atoms with van der Waals surface area (Å²) in [6, 6.07) is 9.25. The molecule has 0 aliphatic carbocycles. The molecule has 1 aromatic carbocycles. The van der Waals surface area contributed by atoms with Gasteiger partial charge in [0.05, 0.1) is 6.54 Å². The van der Waals surface area contributed by atoms with E-state index < -0.39 is 6.04 Å². The largest absolute Gasteiger partial charge is 0.441 e. The average Bonchev–Trinajstić information content (AvgIpc) is 3.03. The predicted molar refractivity (Wildman–Crippen MR) is 98.1 cm³/mol. The number of amides is 2. The first kappa shape index (κ1) is 18.2. The van der Waals surface area contributed by atoms with Gasteiger partial charge in [-0.2, -0.15) is 0 Å². The van der Waals surface area contributed by atoms with Crippen molar-refractivity contribution in [2.24, 2.45) is 5.92 Å². The van der Waals surface area contributed by atoms with Crippen molar-refractivity contribution in [3.63, 3.8) is 0 Å². The van der Waals surface area contributed by atoms with E-state index in [4.69, 9.17) is 4.42 Å². The lowest BCUT2D eigenvalue weighted by atomic mass is 10.0. The first-order valence-electron chi connectivity index (χ1n) is 9.04. The minimum Gasteiger partial charge on any atom is -0.441 e. The molecule has 6 nitrogen and oxygen atoms in total. The molecule has 138 valence electrons. The van der Waals surface area contributed by atoms with Crippen molar-refractivity contribution in [1.29, 1.82) is 0 Å². The van der Waals surface area contributed by atoms with E-state index in [1.54, 1.807) is 4.90 Å². The third-order valence-electron chi connectivity index (χ3n) is 4.44. The van der Waals surface area contributed by atoms with Crippen molar-refractivity contribution in [3.8, 4) is 11.5 Å². The van der Waals surface area contributed by atoms with Crippen LogP contribution in [0.25, 0.3) is 11.5 Å². The fourth-order valence-corrected chi connectivity index (χ4v) is 3.25. The fourth-order valence-electron chi connectivity index (χ4n) is 3.25. The van der Waals surface area contributed by atoms with Gasteiger partial charge in [0, 0.05) is 25.5 Å². The zero-order chi connectivity index (χ0) is 18.7. The molecular weight excluding hydrogens is 330 g/mol. The number of nitrogens with one attached hydrogen (secondary N) is 1. The van der Waals surface area contributed by atoms with E-state index in [-0.39, 0.29) is 11.8 Å². The van der Waals surface area contributed by atoms with Crippen molar-refractivity contribution in [2.75, 3.05) is 6.54 Å². The van der Waals surface area contributed by atoms with Gasteiger partial charge in [-0.15, -0.1) is 0 Å². The maximum absolute atomic E-state index is 12.9. The molecule has 0 saturated heterocycles. The molecule has 2 aromatic rings. The molecule has 0 saturated carbocycles. The van der Waals surface area contributed by atoms with Gasteiger partial charge in [0.2, 0.25) is 17.7 Å². The van der Waals surface area contributed by atoms with Crippen LogP contribution in [0.2, 0.25) is 0 Å². The molecule has 0 fully saturated rings. The van der Waals surface area contributed by atoms with Gasteiger partial charge in [-0.3, -0.25) is 9.59 Å². The number of rotatable bonds is 5. The van der Waals surface area contributed by atoms with Crippen molar-refractivity contribution < 1.29 is 14.0 Å². The molecule has 2 amide bonds. The lowest BCUT2D eigenvalue weighted by Gasteiger charge is -2.30. The fraction of sp³-hybridized carbons (Fsp3) is 0.450. The van der Waals surface area contributed by atoms with Gasteiger partial charge in [0.25, 0.3) is 0 Å². The summed E-state index contributed by atoms with van der Waals surface area (Å²) in [5.41, 5.74) is 1.73. The molecule has 0 radical (unpaired) electrons. The number of aromatic nitrogens is 1. The topological polar surface area (TPSA) is 75.4 Å². The standard InChI is InChI=1S/C20H25N3O3/c1-13(2)11-16(21-14(3)24)20(25)23-10-9-18-17(12-23)22-19(26-18)15-7-5-4-6-8-15/h4-8,13,16H,9-12H2,1-3H3,(H,21,24)/t16-/m1/s1. The van der Waals surface area contributed by atoms with Crippen LogP contribution >= 0.6 is 0 Å². The van der Waals surface area contributed by atoms with Crippen LogP contribution in [-0.4, -0.2) is 34.3 Å². The molecule has 1 aromatic heterocycles. The summed E-state index contributed by atoms with van der Waals surface area (Å²) < 4.78 is 5.89. The Morgan fingerprint density at radius 3 is 2.65 bits per heavy atom. The van der Waals surface area contributed by atoms with Gasteiger partial charge in [-0.1, -0.05) is 32.0 Å². The first-order valence-corrected chi connectivity index (χ1v) is 9.04. The molecule has 0 spiro atoms. The highest BCUT2D eigenvalue weighted by Gasteiger charge is 2.30. The number of hydrogen-bond acceptors (Lipinski definition) is 4. The van der Waals surface area contributed by atoms with Gasteiger partial charge < -0.3 is 14.6 Å². The van der Waals surface area contributed by atoms with Crippen LogP contribution in [0.4, 0.5) is 0 Å². The monoisotopic (exact) mass is 355 g/mol. The Hall–Kier alpha value is -2.63. The van der Waals surface area contributed by atoms with Crippen LogP contribution in [0.1, 0.15) is 38.6 Å². The average molecular weight is 355 g/mol. The van der Waals surface area contributed by atoms with E-state index in [1.807, 2.05) is 44.2 Å². The third-order valence-corrected chi connectivity index (χ3v) is 4.44. The highest BCUT2D eigenvalue weighted by atomic mass is 16.4. The van der Waals surface area contributed by atoms with E-state index >= 15 is 0 Å². The Labute approximate surface area is 153 Å². The Kier molecular flexibility index (Phi) is 5.40. The van der Waals surface area contributed by atoms with Gasteiger partial charge in [-0.25, -0.2) is 4.98 Å². The number of carbonyl (C=O) groups excluding carboxylic acids is 2. The summed E-state index contributed by atoms with van der Waals surface area (Å²) in [7, 11) is 0. The van der Waals surface area contributed by atoms with Crippen LogP contribution in [0.15, 0.2) is 34.7 Å². The normalized spacial score (nSPS) is 14.8. The number of carbonyl (C=O) groups is 2. The summed E-state index contributed by atoms with van der Waals surface area (Å²) in [5.74, 6) is 1.50. The molecule has 26 heavy (non-hydrogen) atoms. The van der Waals surface area contributed by atoms with E-state index in [0.29, 0.717) is 37.7 Å². The van der Waals surface area contributed by atoms with Gasteiger partial charge in [0.1, 0.15) is 17.5 Å². The van der Waals surface area contributed by atoms with E-state index in [2.05, 4.69) is 10.3 Å². The minimum absolute atomic E-state index is 0.0520. The Morgan fingerprint density at radius 1 is 1.27 bits per heavy atom. The van der Waals surface area contributed by atoms with Crippen LogP contribution in [-0.2, 0) is 22.6 Å². The SMILES string of the molecule is CC(=O)N[C@H](CC(C)C)C(=O)N1CCc2oc(-c3ccccc3)nc2C1. The second kappa shape index (κ2) is 7.72. The minimum atomic E-state index is -0.491. The van der Waals surface area contributed by atoms with Crippen molar-refractivity contribution in [3.05, 3.63) is 41.8 Å². The van der Waals surface area contributed by atoms with Crippen LogP contribution < -0.4 is 5.32 Å². The smallest absolute Gasteiger partial charge is 0.245 e. The zero-order valence-electron chi connectivity index (χ0n) is 15.5. The molecule has 1 aliphatic heterocycles. The molecular formula is C20H25N3O3. The third kappa shape index (κ3) is 4.12. The quantitative estimate of drug-likeness (QED) is 0.895. The van der Waals surface area contributed by atoms with Crippen molar-refractivity contribution in [1.82, 2.24) is 15.2 Å². The summed E-state index contributed by atoms with van der Waals surface area (Å²) in [6.45, 7) is 6.52. The van der Waals surface area contributed by atoms with Crippen molar-refractivity contribution >= 4 is 11.8 Å². The van der Waals surface area contributed by atoms with Gasteiger partial charge >= 0.3 is 0 Å². The summed E-state index contributed by atoms with van der Waals surface area (Å²) in [4.78, 5) is 30.7. The zero-order valence-corrected chi connectivity index (χ0v) is 15.5. The number of hydrogen-bond donors (Lipinski definition) is 1. The van der Waals surface area contributed by atoms with Crippen LogP contribution in [0.3, 0.4) is 0 Å². The molecule has 1 N–H and O–H groups in total. The number of oxazole rings is 1. The molecule has 6 heteroatoms. The lowest BCUT2D eigenvalue weighted by Crippen LogP contribution is -2.49. The van der Waals surface area contributed by atoms with E-state index in [0.717, 1.165) is 17.0 Å². The Bertz CT molecular complexity index is 783. The molecule has 0 unspecified atom stereocenters. The molecule has 2 heterocycles. The second-order valence-corrected chi connectivity index (χ2v) is 7.15. The number of benzene rings is 1. The second-order valence-electron chi connectivity index (χ2n) is 7.15. The molecule has 1 atom stereocenters. The summed E-state index contributed by atoms with van der Waals surface area (Å²) in [5, 5.41) is 2.79. The predicted octanol–water partition coefficient (Wildman–Crippen LogP) is 2.78. The Balaban J connectivity index is 1.75.